The molecule has 1 atom stereocenters. The maximum atomic E-state index is 5.86. The van der Waals surface area contributed by atoms with Gasteiger partial charge in [0.15, 0.2) is 0 Å². The summed E-state index contributed by atoms with van der Waals surface area (Å²) in [6, 6.07) is 9.90. The molecule has 0 saturated heterocycles. The third kappa shape index (κ3) is 5.68. The van der Waals surface area contributed by atoms with Gasteiger partial charge in [0.1, 0.15) is 12.4 Å². The highest BCUT2D eigenvalue weighted by Gasteiger charge is 2.19. The van der Waals surface area contributed by atoms with E-state index in [1.165, 1.54) is 24.8 Å². The number of hydrogen-bond donors (Lipinski definition) is 1. The van der Waals surface area contributed by atoms with Crippen LogP contribution in [0.5, 0.6) is 5.75 Å². The van der Waals surface area contributed by atoms with Gasteiger partial charge in [-0.3, -0.25) is 4.90 Å². The van der Waals surface area contributed by atoms with Crippen LogP contribution in [-0.2, 0) is 6.54 Å². The molecule has 1 aromatic rings. The summed E-state index contributed by atoms with van der Waals surface area (Å²) in [5.41, 5.74) is 1.34. The molecule has 0 radical (unpaired) electrons. The zero-order valence-electron chi connectivity index (χ0n) is 13.8. The van der Waals surface area contributed by atoms with E-state index in [9.17, 15) is 0 Å². The van der Waals surface area contributed by atoms with Crippen LogP contribution >= 0.6 is 0 Å². The fraction of sp³-hybridized carbons (Fsp3) is 0.667. The van der Waals surface area contributed by atoms with Crippen molar-refractivity contribution < 1.29 is 4.74 Å². The van der Waals surface area contributed by atoms with Gasteiger partial charge in [-0.05, 0) is 50.4 Å². The lowest BCUT2D eigenvalue weighted by Crippen LogP contribution is -2.35. The number of likely N-dealkylation sites (N-methyl/N-ethyl adjacent to an activating group) is 1. The average Bonchev–Trinajstić information content (AvgIpc) is 3.34. The van der Waals surface area contributed by atoms with E-state index in [1.54, 1.807) is 0 Å². The molecule has 0 aromatic heterocycles. The first-order chi connectivity index (χ1) is 10.2. The molecule has 1 fully saturated rings. The Bertz CT molecular complexity index is 400. The molecule has 3 nitrogen and oxygen atoms in total. The van der Waals surface area contributed by atoms with Crippen LogP contribution in [0, 0.1) is 0 Å². The highest BCUT2D eigenvalue weighted by atomic mass is 16.5. The Balaban J connectivity index is 1.69. The summed E-state index contributed by atoms with van der Waals surface area (Å²) in [6.45, 7) is 10.6. The quantitative estimate of drug-likeness (QED) is 0.714. The van der Waals surface area contributed by atoms with Crippen molar-refractivity contribution in [3.8, 4) is 5.75 Å². The summed E-state index contributed by atoms with van der Waals surface area (Å²) in [6.07, 6.45) is 3.87. The van der Waals surface area contributed by atoms with E-state index >= 15 is 0 Å². The van der Waals surface area contributed by atoms with E-state index in [1.807, 2.05) is 0 Å². The maximum absolute atomic E-state index is 5.86. The topological polar surface area (TPSA) is 24.5 Å². The van der Waals surface area contributed by atoms with E-state index in [0.717, 1.165) is 38.0 Å². The number of nitrogens with zero attached hydrogens (tertiary/aromatic N) is 1. The van der Waals surface area contributed by atoms with Gasteiger partial charge in [-0.2, -0.15) is 0 Å². The van der Waals surface area contributed by atoms with Gasteiger partial charge in [0.2, 0.25) is 0 Å². The molecule has 1 aromatic carbocycles. The molecule has 1 aliphatic carbocycles. The molecule has 118 valence electrons. The van der Waals surface area contributed by atoms with Crippen LogP contribution in [0.25, 0.3) is 0 Å². The van der Waals surface area contributed by atoms with Crippen molar-refractivity contribution in [1.29, 1.82) is 0 Å². The fourth-order valence-electron chi connectivity index (χ4n) is 2.48. The number of nitrogens with one attached hydrogen (secondary N) is 1. The second-order valence-electron chi connectivity index (χ2n) is 6.03. The van der Waals surface area contributed by atoms with Gasteiger partial charge in [-0.1, -0.05) is 26.0 Å². The Hall–Kier alpha value is -1.06. The minimum Gasteiger partial charge on any atom is -0.492 e. The Labute approximate surface area is 129 Å². The highest BCUT2D eigenvalue weighted by molar-refractivity contribution is 5.27. The van der Waals surface area contributed by atoms with Crippen LogP contribution in [0.3, 0.4) is 0 Å². The number of ether oxygens (including phenoxy) is 1. The van der Waals surface area contributed by atoms with Crippen LogP contribution in [0.2, 0.25) is 0 Å². The predicted molar refractivity (Wildman–Crippen MR) is 88.8 cm³/mol. The first kappa shape index (κ1) is 16.3. The zero-order valence-corrected chi connectivity index (χ0v) is 13.8. The first-order valence-electron chi connectivity index (χ1n) is 8.42. The van der Waals surface area contributed by atoms with Crippen molar-refractivity contribution in [2.45, 2.75) is 58.7 Å². The summed E-state index contributed by atoms with van der Waals surface area (Å²) in [5, 5.41) is 3.53. The molecule has 3 heteroatoms. The second-order valence-corrected chi connectivity index (χ2v) is 6.03. The summed E-state index contributed by atoms with van der Waals surface area (Å²) in [7, 11) is 0. The van der Waals surface area contributed by atoms with Crippen molar-refractivity contribution in [1.82, 2.24) is 10.2 Å². The molecular weight excluding hydrogens is 260 g/mol. The Morgan fingerprint density at radius 2 is 1.95 bits per heavy atom. The van der Waals surface area contributed by atoms with Crippen molar-refractivity contribution in [2.24, 2.45) is 0 Å². The van der Waals surface area contributed by atoms with Crippen molar-refractivity contribution >= 4 is 0 Å². The first-order valence-corrected chi connectivity index (χ1v) is 8.42. The molecule has 1 unspecified atom stereocenters. The van der Waals surface area contributed by atoms with Crippen LogP contribution in [0.4, 0.5) is 0 Å². The monoisotopic (exact) mass is 290 g/mol. The van der Waals surface area contributed by atoms with E-state index in [-0.39, 0.29) is 0 Å². The van der Waals surface area contributed by atoms with Gasteiger partial charge < -0.3 is 10.1 Å². The average molecular weight is 290 g/mol. The molecule has 0 spiro atoms. The summed E-state index contributed by atoms with van der Waals surface area (Å²) >= 11 is 0. The lowest BCUT2D eigenvalue weighted by atomic mass is 10.2. The fourth-order valence-corrected chi connectivity index (χ4v) is 2.48. The van der Waals surface area contributed by atoms with Crippen LogP contribution in [0.15, 0.2) is 24.3 Å². The molecule has 1 aliphatic rings. The molecule has 21 heavy (non-hydrogen) atoms. The van der Waals surface area contributed by atoms with E-state index in [2.05, 4.69) is 55.3 Å². The number of hydrogen-bond acceptors (Lipinski definition) is 3. The maximum Gasteiger partial charge on any atom is 0.119 e. The van der Waals surface area contributed by atoms with Gasteiger partial charge in [-0.15, -0.1) is 0 Å². The van der Waals surface area contributed by atoms with Crippen LogP contribution in [-0.4, -0.2) is 36.7 Å². The minimum atomic E-state index is 0.634. The largest absolute Gasteiger partial charge is 0.492 e. The lowest BCUT2D eigenvalue weighted by Gasteiger charge is -2.26. The molecule has 1 saturated carbocycles. The molecule has 0 aliphatic heterocycles. The minimum absolute atomic E-state index is 0.634. The van der Waals surface area contributed by atoms with Gasteiger partial charge >= 0.3 is 0 Å². The number of benzene rings is 1. The summed E-state index contributed by atoms with van der Waals surface area (Å²) < 4.78 is 5.86. The van der Waals surface area contributed by atoms with E-state index in [4.69, 9.17) is 4.74 Å². The van der Waals surface area contributed by atoms with Crippen molar-refractivity contribution in [3.05, 3.63) is 29.8 Å². The molecular formula is C18H30N2O. The van der Waals surface area contributed by atoms with E-state index < -0.39 is 0 Å². The Morgan fingerprint density at radius 3 is 2.52 bits per heavy atom. The Morgan fingerprint density at radius 1 is 1.24 bits per heavy atom. The summed E-state index contributed by atoms with van der Waals surface area (Å²) in [5.74, 6) is 0.977. The lowest BCUT2D eigenvalue weighted by molar-refractivity contribution is 0.171. The molecule has 0 heterocycles. The van der Waals surface area contributed by atoms with Crippen LogP contribution in [0.1, 0.15) is 45.6 Å². The molecule has 1 N–H and O–H groups in total. The van der Waals surface area contributed by atoms with Gasteiger partial charge in [0, 0.05) is 25.2 Å². The van der Waals surface area contributed by atoms with Crippen molar-refractivity contribution in [2.75, 3.05) is 19.7 Å². The van der Waals surface area contributed by atoms with Crippen LogP contribution < -0.4 is 10.1 Å². The van der Waals surface area contributed by atoms with Gasteiger partial charge in [0.25, 0.3) is 0 Å². The number of rotatable bonds is 10. The molecule has 0 amide bonds. The molecule has 0 bridgehead atoms. The Kier molecular flexibility index (Phi) is 6.52. The van der Waals surface area contributed by atoms with Gasteiger partial charge in [0.05, 0.1) is 0 Å². The third-order valence-electron chi connectivity index (χ3n) is 4.36. The van der Waals surface area contributed by atoms with E-state index in [0.29, 0.717) is 6.04 Å². The SMILES string of the molecule is CCC(C)N(CC)CCOc1ccc(CNC2CC2)cc1. The molecule has 2 rings (SSSR count). The normalized spacial score (nSPS) is 16.2. The van der Waals surface area contributed by atoms with Gasteiger partial charge in [-0.25, -0.2) is 0 Å². The third-order valence-corrected chi connectivity index (χ3v) is 4.36. The summed E-state index contributed by atoms with van der Waals surface area (Å²) in [4.78, 5) is 2.47. The zero-order chi connectivity index (χ0) is 15.1. The predicted octanol–water partition coefficient (Wildman–Crippen LogP) is 3.44. The smallest absolute Gasteiger partial charge is 0.119 e. The highest BCUT2D eigenvalue weighted by Crippen LogP contribution is 2.20. The van der Waals surface area contributed by atoms with Crippen molar-refractivity contribution in [3.63, 3.8) is 0 Å². The second kappa shape index (κ2) is 8.40. The standard InChI is InChI=1S/C18H30N2O/c1-4-15(3)20(5-2)12-13-21-18-10-6-16(7-11-18)14-19-17-8-9-17/h6-7,10-11,15,17,19H,4-5,8-9,12-14H2,1-3H3.